The summed E-state index contributed by atoms with van der Waals surface area (Å²) in [5, 5.41) is 2.62. The number of hydrogen-bond donors (Lipinski definition) is 2. The van der Waals surface area contributed by atoms with E-state index in [0.717, 1.165) is 19.4 Å². The zero-order chi connectivity index (χ0) is 15.2. The molecule has 0 bridgehead atoms. The van der Waals surface area contributed by atoms with Crippen molar-refractivity contribution in [2.24, 2.45) is 5.73 Å². The largest absolute Gasteiger partial charge is 0.327 e. The van der Waals surface area contributed by atoms with Crippen LogP contribution in [0.1, 0.15) is 32.6 Å². The van der Waals surface area contributed by atoms with E-state index in [1.165, 1.54) is 12.5 Å². The fourth-order valence-corrected chi connectivity index (χ4v) is 2.91. The Kier molecular flexibility index (Phi) is 7.79. The van der Waals surface area contributed by atoms with Gasteiger partial charge >= 0.3 is 0 Å². The molecule has 1 aliphatic heterocycles. The van der Waals surface area contributed by atoms with Crippen LogP contribution in [0.25, 0.3) is 0 Å². The Hall–Kier alpha value is -1.17. The summed E-state index contributed by atoms with van der Waals surface area (Å²) < 4.78 is 13.5. The summed E-state index contributed by atoms with van der Waals surface area (Å²) in [4.78, 5) is 14.2. The highest BCUT2D eigenvalue weighted by atomic mass is 35.5. The molecule has 2 unspecified atom stereocenters. The van der Waals surface area contributed by atoms with Crippen molar-refractivity contribution >= 4 is 24.0 Å². The number of piperidine rings is 1. The molecule has 4 nitrogen and oxygen atoms in total. The van der Waals surface area contributed by atoms with Crippen LogP contribution in [0.15, 0.2) is 24.3 Å². The van der Waals surface area contributed by atoms with Crippen LogP contribution in [-0.4, -0.2) is 36.0 Å². The molecule has 1 saturated heterocycles. The number of hydrogen-bond acceptors (Lipinski definition) is 3. The van der Waals surface area contributed by atoms with E-state index >= 15 is 0 Å². The van der Waals surface area contributed by atoms with E-state index in [0.29, 0.717) is 19.0 Å². The summed E-state index contributed by atoms with van der Waals surface area (Å²) in [6.45, 7) is 3.67. The van der Waals surface area contributed by atoms with Gasteiger partial charge in [-0.15, -0.1) is 12.4 Å². The molecule has 0 aliphatic carbocycles. The Balaban J connectivity index is 0.00000242. The molecule has 1 aromatic rings. The second-order valence-corrected chi connectivity index (χ2v) is 5.74. The highest BCUT2D eigenvalue weighted by molar-refractivity contribution is 5.90. The van der Waals surface area contributed by atoms with Gasteiger partial charge in [-0.25, -0.2) is 4.39 Å². The average molecular weight is 330 g/mol. The minimum atomic E-state index is -0.405. The average Bonchev–Trinajstić information content (AvgIpc) is 2.48. The van der Waals surface area contributed by atoms with Crippen molar-refractivity contribution in [2.75, 3.05) is 18.4 Å². The van der Waals surface area contributed by atoms with Crippen LogP contribution >= 0.6 is 12.4 Å². The third kappa shape index (κ3) is 5.23. The molecular weight excluding hydrogens is 305 g/mol. The first kappa shape index (κ1) is 18.9. The number of anilines is 1. The SMILES string of the molecule is CC(N)C1CCCCN1CCC(=O)Nc1ccccc1F.Cl. The first-order valence-electron chi connectivity index (χ1n) is 7.62. The Labute approximate surface area is 137 Å². The highest BCUT2D eigenvalue weighted by Crippen LogP contribution is 2.19. The number of nitrogens with one attached hydrogen (secondary N) is 1. The molecule has 124 valence electrons. The second kappa shape index (κ2) is 9.08. The monoisotopic (exact) mass is 329 g/mol. The molecule has 3 N–H and O–H groups in total. The number of amides is 1. The van der Waals surface area contributed by atoms with Crippen LogP contribution in [0.4, 0.5) is 10.1 Å². The summed E-state index contributed by atoms with van der Waals surface area (Å²) in [6, 6.07) is 6.67. The minimum Gasteiger partial charge on any atom is -0.327 e. The van der Waals surface area contributed by atoms with Crippen molar-refractivity contribution in [3.63, 3.8) is 0 Å². The van der Waals surface area contributed by atoms with E-state index in [1.807, 2.05) is 6.92 Å². The van der Waals surface area contributed by atoms with Crippen molar-refractivity contribution in [3.8, 4) is 0 Å². The second-order valence-electron chi connectivity index (χ2n) is 5.74. The third-order valence-corrected chi connectivity index (χ3v) is 4.05. The fraction of sp³-hybridized carbons (Fsp3) is 0.562. The quantitative estimate of drug-likeness (QED) is 0.873. The molecule has 1 aromatic carbocycles. The number of benzene rings is 1. The van der Waals surface area contributed by atoms with Gasteiger partial charge in [-0.1, -0.05) is 18.6 Å². The molecule has 2 rings (SSSR count). The molecule has 0 radical (unpaired) electrons. The molecule has 0 saturated carbocycles. The van der Waals surface area contributed by atoms with Gasteiger partial charge in [0.25, 0.3) is 0 Å². The first-order chi connectivity index (χ1) is 10.1. The van der Waals surface area contributed by atoms with Gasteiger partial charge < -0.3 is 11.1 Å². The van der Waals surface area contributed by atoms with E-state index in [1.54, 1.807) is 18.2 Å². The van der Waals surface area contributed by atoms with Gasteiger partial charge in [-0.2, -0.15) is 0 Å². The van der Waals surface area contributed by atoms with Gasteiger partial charge in [-0.05, 0) is 38.4 Å². The lowest BCUT2D eigenvalue weighted by Gasteiger charge is -2.37. The molecule has 0 spiro atoms. The first-order valence-corrected chi connectivity index (χ1v) is 7.62. The number of rotatable bonds is 5. The van der Waals surface area contributed by atoms with Crippen molar-refractivity contribution in [3.05, 3.63) is 30.1 Å². The maximum Gasteiger partial charge on any atom is 0.225 e. The predicted molar refractivity (Wildman–Crippen MR) is 89.8 cm³/mol. The summed E-state index contributed by atoms with van der Waals surface area (Å²) in [6.07, 6.45) is 3.80. The number of carbonyl (C=O) groups is 1. The fourth-order valence-electron chi connectivity index (χ4n) is 2.91. The maximum atomic E-state index is 13.5. The molecule has 2 atom stereocenters. The van der Waals surface area contributed by atoms with Crippen molar-refractivity contribution in [1.29, 1.82) is 0 Å². The van der Waals surface area contributed by atoms with E-state index in [9.17, 15) is 9.18 Å². The number of nitrogens with two attached hydrogens (primary N) is 1. The molecule has 1 aliphatic rings. The number of para-hydroxylation sites is 1. The van der Waals surface area contributed by atoms with Crippen LogP contribution in [0.3, 0.4) is 0 Å². The normalized spacial score (nSPS) is 20.0. The lowest BCUT2D eigenvalue weighted by Crippen LogP contribution is -2.49. The van der Waals surface area contributed by atoms with Gasteiger partial charge in [0.05, 0.1) is 5.69 Å². The molecule has 1 amide bonds. The lowest BCUT2D eigenvalue weighted by atomic mass is 9.97. The van der Waals surface area contributed by atoms with Crippen LogP contribution in [0.5, 0.6) is 0 Å². The zero-order valence-electron chi connectivity index (χ0n) is 12.9. The number of carbonyl (C=O) groups excluding carboxylic acids is 1. The van der Waals surface area contributed by atoms with Gasteiger partial charge in [0.15, 0.2) is 0 Å². The maximum absolute atomic E-state index is 13.5. The van der Waals surface area contributed by atoms with E-state index in [-0.39, 0.29) is 30.0 Å². The Morgan fingerprint density at radius 1 is 1.45 bits per heavy atom. The van der Waals surface area contributed by atoms with Crippen molar-refractivity contribution in [1.82, 2.24) is 4.90 Å². The van der Waals surface area contributed by atoms with Crippen LogP contribution in [0.2, 0.25) is 0 Å². The molecule has 1 heterocycles. The predicted octanol–water partition coefficient (Wildman–Crippen LogP) is 2.78. The van der Waals surface area contributed by atoms with Crippen LogP contribution in [-0.2, 0) is 4.79 Å². The molecule has 1 fully saturated rings. The van der Waals surface area contributed by atoms with Crippen LogP contribution in [0, 0.1) is 5.82 Å². The topological polar surface area (TPSA) is 58.4 Å². The Bertz CT molecular complexity index is 484. The smallest absolute Gasteiger partial charge is 0.225 e. The third-order valence-electron chi connectivity index (χ3n) is 4.05. The van der Waals surface area contributed by atoms with E-state index in [2.05, 4.69) is 10.2 Å². The van der Waals surface area contributed by atoms with E-state index in [4.69, 9.17) is 5.73 Å². The highest BCUT2D eigenvalue weighted by Gasteiger charge is 2.25. The van der Waals surface area contributed by atoms with Gasteiger partial charge in [-0.3, -0.25) is 9.69 Å². The zero-order valence-corrected chi connectivity index (χ0v) is 13.7. The summed E-state index contributed by atoms with van der Waals surface area (Å²) >= 11 is 0. The van der Waals surface area contributed by atoms with Gasteiger partial charge in [0, 0.05) is 25.0 Å². The van der Waals surface area contributed by atoms with Gasteiger partial charge in [0.1, 0.15) is 5.82 Å². The van der Waals surface area contributed by atoms with Crippen molar-refractivity contribution in [2.45, 2.75) is 44.7 Å². The summed E-state index contributed by atoms with van der Waals surface area (Å²) in [5.74, 6) is -0.564. The lowest BCUT2D eigenvalue weighted by molar-refractivity contribution is -0.116. The summed E-state index contributed by atoms with van der Waals surface area (Å²) in [5.41, 5.74) is 6.26. The standard InChI is InChI=1S/C16H24FN3O.ClH/c1-12(18)15-8-4-5-10-20(15)11-9-16(21)19-14-7-3-2-6-13(14)17;/h2-3,6-7,12,15H,4-5,8-11,18H2,1H3,(H,19,21);1H. The van der Waals surface area contributed by atoms with E-state index < -0.39 is 5.82 Å². The number of likely N-dealkylation sites (tertiary alicyclic amines) is 1. The number of halogens is 2. The Morgan fingerprint density at radius 2 is 2.18 bits per heavy atom. The Morgan fingerprint density at radius 3 is 2.86 bits per heavy atom. The molecule has 22 heavy (non-hydrogen) atoms. The molecule has 0 aromatic heterocycles. The van der Waals surface area contributed by atoms with Gasteiger partial charge in [0.2, 0.25) is 5.91 Å². The summed E-state index contributed by atoms with van der Waals surface area (Å²) in [7, 11) is 0. The van der Waals surface area contributed by atoms with Crippen LogP contribution < -0.4 is 11.1 Å². The molecule has 6 heteroatoms. The number of nitrogens with zero attached hydrogens (tertiary/aromatic N) is 1. The molecular formula is C16H25ClFN3O. The van der Waals surface area contributed by atoms with Crippen molar-refractivity contribution < 1.29 is 9.18 Å². The minimum absolute atomic E-state index is 0.